The van der Waals surface area contributed by atoms with E-state index in [1.54, 1.807) is 37.3 Å². The summed E-state index contributed by atoms with van der Waals surface area (Å²) >= 11 is 0. The standard InChI is InChI=1S/C26H38N4O4/c1-25(2,3)21-16-22(30(28-21)26(4,5)6)27-23(31)17-9-11-29(12-10-17)24(32)18-13-19(33-7)15-20(14-18)34-8/h13-17H,9-12H2,1-8H3,(H,27,31). The first-order valence-electron chi connectivity index (χ1n) is 11.8. The van der Waals surface area contributed by atoms with Gasteiger partial charge < -0.3 is 19.7 Å². The lowest BCUT2D eigenvalue weighted by Crippen LogP contribution is -2.41. The molecular weight excluding hydrogens is 432 g/mol. The SMILES string of the molecule is COc1cc(OC)cc(C(=O)N2CCC(C(=O)Nc3cc(C(C)(C)C)nn3C(C)(C)C)CC2)c1. The lowest BCUT2D eigenvalue weighted by molar-refractivity contribution is -0.121. The van der Waals surface area contributed by atoms with Gasteiger partial charge in [-0.3, -0.25) is 9.59 Å². The van der Waals surface area contributed by atoms with Crippen molar-refractivity contribution in [3.05, 3.63) is 35.5 Å². The van der Waals surface area contributed by atoms with E-state index in [0.29, 0.717) is 48.8 Å². The molecule has 2 heterocycles. The second-order valence-corrected chi connectivity index (χ2v) is 10.9. The molecule has 8 heteroatoms. The van der Waals surface area contributed by atoms with Gasteiger partial charge in [-0.1, -0.05) is 20.8 Å². The summed E-state index contributed by atoms with van der Waals surface area (Å²) in [6.07, 6.45) is 1.21. The summed E-state index contributed by atoms with van der Waals surface area (Å²) in [5.74, 6) is 1.58. The van der Waals surface area contributed by atoms with Crippen molar-refractivity contribution in [2.24, 2.45) is 5.92 Å². The molecule has 0 unspecified atom stereocenters. The molecule has 2 aromatic rings. The Balaban J connectivity index is 1.68. The molecule has 3 rings (SSSR count). The van der Waals surface area contributed by atoms with E-state index >= 15 is 0 Å². The third kappa shape index (κ3) is 5.72. The fourth-order valence-electron chi connectivity index (χ4n) is 4.03. The number of piperidine rings is 1. The third-order valence-electron chi connectivity index (χ3n) is 6.12. The molecule has 0 radical (unpaired) electrons. The van der Waals surface area contributed by atoms with Crippen LogP contribution in [-0.4, -0.2) is 53.8 Å². The molecule has 1 fully saturated rings. The maximum Gasteiger partial charge on any atom is 0.254 e. The number of ether oxygens (including phenoxy) is 2. The average molecular weight is 471 g/mol. The number of carbonyl (C=O) groups excluding carboxylic acids is 2. The van der Waals surface area contributed by atoms with Crippen LogP contribution in [0, 0.1) is 5.92 Å². The van der Waals surface area contributed by atoms with Crippen LogP contribution in [0.3, 0.4) is 0 Å². The predicted molar refractivity (Wildman–Crippen MR) is 133 cm³/mol. The smallest absolute Gasteiger partial charge is 0.254 e. The Kier molecular flexibility index (Phi) is 7.29. The summed E-state index contributed by atoms with van der Waals surface area (Å²) < 4.78 is 12.5. The van der Waals surface area contributed by atoms with Gasteiger partial charge in [0, 0.05) is 42.1 Å². The van der Waals surface area contributed by atoms with E-state index in [0.717, 1.165) is 5.69 Å². The van der Waals surface area contributed by atoms with Crippen molar-refractivity contribution in [1.29, 1.82) is 0 Å². The highest BCUT2D eigenvalue weighted by Crippen LogP contribution is 2.30. The number of anilines is 1. The van der Waals surface area contributed by atoms with Crippen molar-refractivity contribution in [2.75, 3.05) is 32.6 Å². The molecule has 1 aromatic carbocycles. The van der Waals surface area contributed by atoms with E-state index in [9.17, 15) is 9.59 Å². The second kappa shape index (κ2) is 9.68. The predicted octanol–water partition coefficient (Wildman–Crippen LogP) is 4.44. The zero-order valence-electron chi connectivity index (χ0n) is 21.7. The van der Waals surface area contributed by atoms with Crippen LogP contribution in [0.25, 0.3) is 0 Å². The Morgan fingerprint density at radius 3 is 1.97 bits per heavy atom. The van der Waals surface area contributed by atoms with Gasteiger partial charge in [-0.05, 0) is 45.7 Å². The molecule has 0 saturated carbocycles. The molecule has 0 aliphatic carbocycles. The van der Waals surface area contributed by atoms with Gasteiger partial charge in [0.25, 0.3) is 5.91 Å². The van der Waals surface area contributed by atoms with Crippen molar-refractivity contribution < 1.29 is 19.1 Å². The first-order chi connectivity index (χ1) is 15.8. The van der Waals surface area contributed by atoms with Gasteiger partial charge in [0.15, 0.2) is 0 Å². The minimum atomic E-state index is -0.264. The fraction of sp³-hybridized carbons (Fsp3) is 0.577. The summed E-state index contributed by atoms with van der Waals surface area (Å²) in [6.45, 7) is 13.6. The average Bonchev–Trinajstić information content (AvgIpc) is 3.23. The van der Waals surface area contributed by atoms with Gasteiger partial charge in [-0.15, -0.1) is 0 Å². The van der Waals surface area contributed by atoms with E-state index in [2.05, 4.69) is 46.9 Å². The topological polar surface area (TPSA) is 85.7 Å². The Bertz CT molecular complexity index is 1020. The van der Waals surface area contributed by atoms with Crippen LogP contribution in [0.15, 0.2) is 24.3 Å². The van der Waals surface area contributed by atoms with Gasteiger partial charge in [-0.25, -0.2) is 4.68 Å². The number of amides is 2. The number of likely N-dealkylation sites (tertiary alicyclic amines) is 1. The van der Waals surface area contributed by atoms with Crippen LogP contribution in [0.1, 0.15) is 70.4 Å². The van der Waals surface area contributed by atoms with Gasteiger partial charge in [0.2, 0.25) is 5.91 Å². The minimum absolute atomic E-state index is 0.0268. The minimum Gasteiger partial charge on any atom is -0.497 e. The number of aromatic nitrogens is 2. The van der Waals surface area contributed by atoms with Gasteiger partial charge in [-0.2, -0.15) is 5.10 Å². The Labute approximate surface area is 202 Å². The van der Waals surface area contributed by atoms with Crippen LogP contribution in [0.5, 0.6) is 11.5 Å². The molecule has 8 nitrogen and oxygen atoms in total. The van der Waals surface area contributed by atoms with Crippen LogP contribution in [0.4, 0.5) is 5.82 Å². The molecular formula is C26H38N4O4. The van der Waals surface area contributed by atoms with E-state index < -0.39 is 0 Å². The number of methoxy groups -OCH3 is 2. The molecule has 34 heavy (non-hydrogen) atoms. The first kappa shape index (κ1) is 25.6. The van der Waals surface area contributed by atoms with E-state index in [-0.39, 0.29) is 28.7 Å². The molecule has 1 N–H and O–H groups in total. The normalized spacial score (nSPS) is 15.2. The molecule has 0 atom stereocenters. The summed E-state index contributed by atoms with van der Waals surface area (Å²) in [6, 6.07) is 7.13. The number of nitrogens with zero attached hydrogens (tertiary/aromatic N) is 3. The molecule has 0 spiro atoms. The Hall–Kier alpha value is -3.03. The molecule has 2 amide bonds. The molecule has 1 saturated heterocycles. The number of nitrogens with one attached hydrogen (secondary N) is 1. The van der Waals surface area contributed by atoms with Crippen LogP contribution in [-0.2, 0) is 15.7 Å². The number of rotatable bonds is 5. The molecule has 0 bridgehead atoms. The number of carbonyl (C=O) groups is 2. The summed E-state index contributed by atoms with van der Waals surface area (Å²) in [7, 11) is 3.12. The zero-order valence-corrected chi connectivity index (χ0v) is 21.7. The molecule has 186 valence electrons. The maximum absolute atomic E-state index is 13.1. The van der Waals surface area contributed by atoms with Gasteiger partial charge >= 0.3 is 0 Å². The highest BCUT2D eigenvalue weighted by atomic mass is 16.5. The third-order valence-corrected chi connectivity index (χ3v) is 6.12. The van der Waals surface area contributed by atoms with Crippen molar-refractivity contribution in [3.8, 4) is 11.5 Å². The first-order valence-corrected chi connectivity index (χ1v) is 11.8. The zero-order chi connectivity index (χ0) is 25.3. The second-order valence-electron chi connectivity index (χ2n) is 10.9. The Morgan fingerprint density at radius 2 is 1.50 bits per heavy atom. The largest absolute Gasteiger partial charge is 0.497 e. The lowest BCUT2D eigenvalue weighted by Gasteiger charge is -2.32. The highest BCUT2D eigenvalue weighted by Gasteiger charge is 2.31. The summed E-state index contributed by atoms with van der Waals surface area (Å²) in [5, 5.41) is 7.89. The van der Waals surface area contributed by atoms with Crippen LogP contribution < -0.4 is 14.8 Å². The fourth-order valence-corrected chi connectivity index (χ4v) is 4.03. The van der Waals surface area contributed by atoms with Crippen molar-refractivity contribution >= 4 is 17.6 Å². The van der Waals surface area contributed by atoms with E-state index in [1.165, 1.54) is 0 Å². The quantitative estimate of drug-likeness (QED) is 0.698. The maximum atomic E-state index is 13.1. The van der Waals surface area contributed by atoms with Gasteiger partial charge in [0.1, 0.15) is 17.3 Å². The molecule has 1 aliphatic heterocycles. The number of benzene rings is 1. The molecule has 1 aromatic heterocycles. The highest BCUT2D eigenvalue weighted by molar-refractivity contribution is 5.96. The van der Waals surface area contributed by atoms with Crippen LogP contribution in [0.2, 0.25) is 0 Å². The number of hydrogen-bond acceptors (Lipinski definition) is 5. The van der Waals surface area contributed by atoms with Crippen molar-refractivity contribution in [1.82, 2.24) is 14.7 Å². The molecule has 1 aliphatic rings. The van der Waals surface area contributed by atoms with E-state index in [4.69, 9.17) is 14.6 Å². The van der Waals surface area contributed by atoms with Crippen molar-refractivity contribution in [3.63, 3.8) is 0 Å². The van der Waals surface area contributed by atoms with Gasteiger partial charge in [0.05, 0.1) is 25.5 Å². The summed E-state index contributed by atoms with van der Waals surface area (Å²) in [4.78, 5) is 28.0. The van der Waals surface area contributed by atoms with Crippen LogP contribution >= 0.6 is 0 Å². The van der Waals surface area contributed by atoms with E-state index in [1.807, 2.05) is 10.7 Å². The number of hydrogen-bond donors (Lipinski definition) is 1. The monoisotopic (exact) mass is 470 g/mol. The Morgan fingerprint density at radius 1 is 0.941 bits per heavy atom. The lowest BCUT2D eigenvalue weighted by atomic mass is 9.92. The summed E-state index contributed by atoms with van der Waals surface area (Å²) in [5.41, 5.74) is 1.07. The van der Waals surface area contributed by atoms with Crippen molar-refractivity contribution in [2.45, 2.75) is 65.3 Å².